The van der Waals surface area contributed by atoms with E-state index in [-0.39, 0.29) is 7.33 Å². The van der Waals surface area contributed by atoms with E-state index in [4.69, 9.17) is 0 Å². The molecule has 2 aromatic rings. The van der Waals surface area contributed by atoms with Gasteiger partial charge in [0.1, 0.15) is 0 Å². The fraction of sp³-hybridized carbons (Fsp3) is 0.462. The molecule has 0 spiro atoms. The molecule has 3 heteroatoms. The number of hydrogen-bond acceptors (Lipinski definition) is 2. The third-order valence-corrected chi connectivity index (χ3v) is 6.48. The molecule has 1 aromatic carbocycles. The predicted octanol–water partition coefficient (Wildman–Crippen LogP) is 6.40. The zero-order valence-electron chi connectivity index (χ0n) is 17.9. The van der Waals surface area contributed by atoms with Gasteiger partial charge in [0.05, 0.1) is 17.6 Å². The number of anilines is 1. The zero-order valence-corrected chi connectivity index (χ0v) is 17.9. The van der Waals surface area contributed by atoms with Gasteiger partial charge in [0.25, 0.3) is 0 Å². The summed E-state index contributed by atoms with van der Waals surface area (Å²) in [5, 5.41) is 3.01. The molecule has 1 amide bonds. The minimum Gasteiger partial charge on any atom is -0.325 e. The van der Waals surface area contributed by atoms with Crippen LogP contribution in [0, 0.1) is 11.3 Å². The maximum absolute atomic E-state index is 12.3. The second kappa shape index (κ2) is 8.14. The van der Waals surface area contributed by atoms with E-state index in [9.17, 15) is 4.79 Å². The molecular weight excluding hydrogens is 356 g/mol. The molecule has 0 radical (unpaired) electrons. The van der Waals surface area contributed by atoms with Gasteiger partial charge < -0.3 is 5.32 Å². The lowest BCUT2D eigenvalue weighted by atomic mass is 9.83. The number of aromatic nitrogens is 1. The van der Waals surface area contributed by atoms with Crippen LogP contribution in [0.1, 0.15) is 76.2 Å². The number of rotatable bonds is 8. The first-order chi connectivity index (χ1) is 13.9. The SMILES string of the molecule is CCC(C)(C)Cc1ccc(CCCC(=O)Nc2cnc3c(c2)C=CC2CC32)cc1.[HH]. The summed E-state index contributed by atoms with van der Waals surface area (Å²) in [5.74, 6) is 1.37. The number of nitrogens with zero attached hydrogens (tertiary/aromatic N) is 1. The second-order valence-corrected chi connectivity index (χ2v) is 9.48. The summed E-state index contributed by atoms with van der Waals surface area (Å²) in [7, 11) is 0. The Balaban J connectivity index is 0.00000256. The van der Waals surface area contributed by atoms with Crippen molar-refractivity contribution in [3.05, 3.63) is 65.0 Å². The van der Waals surface area contributed by atoms with Gasteiger partial charge in [0.2, 0.25) is 5.91 Å². The molecule has 3 nitrogen and oxygen atoms in total. The number of allylic oxidation sites excluding steroid dienone is 1. The number of benzene rings is 1. The normalized spacial score (nSPS) is 19.4. The standard InChI is InChI=1S/C26H32N2O.H2/c1-4-26(2,3)16-19-10-8-18(9-11-19)6-5-7-24(29)28-22-14-21-13-12-20-15-23(20)25(21)27-17-22;/h8-14,17,20,23H,4-7,15-16H2,1-3H3,(H,28,29);1H. The van der Waals surface area contributed by atoms with Crippen LogP contribution in [-0.4, -0.2) is 10.9 Å². The van der Waals surface area contributed by atoms with Crippen molar-refractivity contribution in [2.45, 2.75) is 65.2 Å². The Morgan fingerprint density at radius 1 is 1.24 bits per heavy atom. The van der Waals surface area contributed by atoms with Crippen LogP contribution in [0.15, 0.2) is 42.6 Å². The van der Waals surface area contributed by atoms with Crippen LogP contribution in [0.2, 0.25) is 0 Å². The number of fused-ring (bicyclic) bond motifs is 3. The molecule has 1 heterocycles. The first kappa shape index (κ1) is 19.9. The summed E-state index contributed by atoms with van der Waals surface area (Å²) < 4.78 is 0. The van der Waals surface area contributed by atoms with E-state index < -0.39 is 0 Å². The molecule has 1 saturated carbocycles. The molecule has 2 aliphatic carbocycles. The smallest absolute Gasteiger partial charge is 0.224 e. The van der Waals surface area contributed by atoms with E-state index in [1.54, 1.807) is 0 Å². The first-order valence-corrected chi connectivity index (χ1v) is 11.0. The molecule has 2 unspecified atom stereocenters. The van der Waals surface area contributed by atoms with Crippen LogP contribution in [0.4, 0.5) is 5.69 Å². The Labute approximate surface area is 176 Å². The molecule has 0 saturated heterocycles. The van der Waals surface area contributed by atoms with Crippen molar-refractivity contribution in [3.8, 4) is 0 Å². The van der Waals surface area contributed by atoms with Gasteiger partial charge in [-0.05, 0) is 59.8 Å². The van der Waals surface area contributed by atoms with E-state index in [0.29, 0.717) is 23.7 Å². The van der Waals surface area contributed by atoms with Crippen molar-refractivity contribution in [2.24, 2.45) is 11.3 Å². The highest BCUT2D eigenvalue weighted by molar-refractivity contribution is 5.91. The highest BCUT2D eigenvalue weighted by atomic mass is 16.1. The number of amides is 1. The van der Waals surface area contributed by atoms with Gasteiger partial charge in [0.15, 0.2) is 0 Å². The number of carbonyl (C=O) groups is 1. The summed E-state index contributed by atoms with van der Waals surface area (Å²) in [4.78, 5) is 16.9. The predicted molar refractivity (Wildman–Crippen MR) is 122 cm³/mol. The maximum Gasteiger partial charge on any atom is 0.224 e. The molecule has 4 rings (SSSR count). The van der Waals surface area contributed by atoms with Crippen LogP contribution in [0.5, 0.6) is 0 Å². The van der Waals surface area contributed by atoms with Gasteiger partial charge in [-0.25, -0.2) is 0 Å². The first-order valence-electron chi connectivity index (χ1n) is 11.0. The van der Waals surface area contributed by atoms with Crippen LogP contribution in [0.25, 0.3) is 6.08 Å². The van der Waals surface area contributed by atoms with Crippen LogP contribution in [-0.2, 0) is 17.6 Å². The molecule has 2 aliphatic rings. The van der Waals surface area contributed by atoms with Gasteiger partial charge in [-0.3, -0.25) is 9.78 Å². The average molecular weight is 391 g/mol. The van der Waals surface area contributed by atoms with Crippen molar-refractivity contribution < 1.29 is 6.22 Å². The van der Waals surface area contributed by atoms with Gasteiger partial charge in [-0.1, -0.05) is 63.6 Å². The number of nitrogens with one attached hydrogen (secondary N) is 1. The largest absolute Gasteiger partial charge is 0.325 e. The second-order valence-electron chi connectivity index (χ2n) is 9.48. The van der Waals surface area contributed by atoms with E-state index in [1.807, 2.05) is 6.20 Å². The molecule has 0 bridgehead atoms. The molecule has 1 N–H and O–H groups in total. The van der Waals surface area contributed by atoms with Crippen LogP contribution < -0.4 is 5.32 Å². The van der Waals surface area contributed by atoms with Crippen LogP contribution >= 0.6 is 0 Å². The fourth-order valence-corrected chi connectivity index (χ4v) is 4.15. The summed E-state index contributed by atoms with van der Waals surface area (Å²) in [6, 6.07) is 11.0. The quantitative estimate of drug-likeness (QED) is 0.567. The number of aryl methyl sites for hydroxylation is 1. The average Bonchev–Trinajstić information content (AvgIpc) is 3.49. The van der Waals surface area contributed by atoms with E-state index >= 15 is 0 Å². The molecule has 1 fully saturated rings. The fourth-order valence-electron chi connectivity index (χ4n) is 4.15. The lowest BCUT2D eigenvalue weighted by Gasteiger charge is -2.22. The lowest BCUT2D eigenvalue weighted by Crippen LogP contribution is -2.13. The number of pyridine rings is 1. The Hall–Kier alpha value is -2.42. The third kappa shape index (κ3) is 4.95. The summed E-state index contributed by atoms with van der Waals surface area (Å²) in [5.41, 5.74) is 6.20. The Kier molecular flexibility index (Phi) is 5.58. The molecular formula is C26H34N2O. The highest BCUT2D eigenvalue weighted by Gasteiger charge is 2.40. The van der Waals surface area contributed by atoms with Crippen molar-refractivity contribution in [1.29, 1.82) is 0 Å². The van der Waals surface area contributed by atoms with Crippen molar-refractivity contribution >= 4 is 17.7 Å². The van der Waals surface area contributed by atoms with Gasteiger partial charge in [-0.2, -0.15) is 0 Å². The molecule has 2 atom stereocenters. The minimum atomic E-state index is 0. The van der Waals surface area contributed by atoms with Crippen LogP contribution in [0.3, 0.4) is 0 Å². The Bertz CT molecular complexity index is 917. The van der Waals surface area contributed by atoms with Crippen molar-refractivity contribution in [3.63, 3.8) is 0 Å². The molecule has 154 valence electrons. The highest BCUT2D eigenvalue weighted by Crippen LogP contribution is 2.51. The summed E-state index contributed by atoms with van der Waals surface area (Å²) >= 11 is 0. The zero-order chi connectivity index (χ0) is 20.4. The lowest BCUT2D eigenvalue weighted by molar-refractivity contribution is -0.116. The summed E-state index contributed by atoms with van der Waals surface area (Å²) in [6.45, 7) is 6.88. The number of hydrogen-bond donors (Lipinski definition) is 1. The summed E-state index contributed by atoms with van der Waals surface area (Å²) in [6.07, 6.45) is 12.1. The van der Waals surface area contributed by atoms with Crippen molar-refractivity contribution in [2.75, 3.05) is 5.32 Å². The number of carbonyl (C=O) groups excluding carboxylic acids is 1. The van der Waals surface area contributed by atoms with Gasteiger partial charge >= 0.3 is 0 Å². The van der Waals surface area contributed by atoms with E-state index in [1.165, 1.54) is 29.7 Å². The van der Waals surface area contributed by atoms with E-state index in [0.717, 1.165) is 30.5 Å². The molecule has 1 aromatic heterocycles. The van der Waals surface area contributed by atoms with Gasteiger partial charge in [0, 0.05) is 13.8 Å². The Morgan fingerprint density at radius 2 is 2.00 bits per heavy atom. The molecule has 29 heavy (non-hydrogen) atoms. The Morgan fingerprint density at radius 3 is 2.76 bits per heavy atom. The van der Waals surface area contributed by atoms with E-state index in [2.05, 4.69) is 73.6 Å². The van der Waals surface area contributed by atoms with Crippen molar-refractivity contribution in [1.82, 2.24) is 4.98 Å². The minimum absolute atomic E-state index is 0. The van der Waals surface area contributed by atoms with Gasteiger partial charge in [-0.15, -0.1) is 0 Å². The monoisotopic (exact) mass is 390 g/mol. The topological polar surface area (TPSA) is 42.0 Å². The molecule has 0 aliphatic heterocycles. The maximum atomic E-state index is 12.3. The third-order valence-electron chi connectivity index (χ3n) is 6.48.